The van der Waals surface area contributed by atoms with Crippen LogP contribution in [0, 0.1) is 24.0 Å². The zero-order chi connectivity index (χ0) is 21.1. The van der Waals surface area contributed by atoms with Gasteiger partial charge < -0.3 is 9.64 Å². The van der Waals surface area contributed by atoms with Crippen molar-refractivity contribution in [1.82, 2.24) is 9.78 Å². The van der Waals surface area contributed by atoms with Gasteiger partial charge in [0.2, 0.25) is 0 Å². The molecule has 1 aliphatic rings. The average Bonchev–Trinajstić information content (AvgIpc) is 2.83. The van der Waals surface area contributed by atoms with Crippen LogP contribution in [-0.4, -0.2) is 45.0 Å². The largest absolute Gasteiger partial charge is 0.454 e. The molecule has 0 bridgehead atoms. The summed E-state index contributed by atoms with van der Waals surface area (Å²) in [5.74, 6) is -0.982. The second kappa shape index (κ2) is 8.64. The van der Waals surface area contributed by atoms with Crippen LogP contribution in [0.15, 0.2) is 29.2 Å². The number of benzene rings is 1. The van der Waals surface area contributed by atoms with Crippen molar-refractivity contribution in [3.8, 4) is 0 Å². The summed E-state index contributed by atoms with van der Waals surface area (Å²) in [6.07, 6.45) is 0.828. The summed E-state index contributed by atoms with van der Waals surface area (Å²) in [7, 11) is 0. The van der Waals surface area contributed by atoms with Gasteiger partial charge in [0.05, 0.1) is 10.6 Å². The van der Waals surface area contributed by atoms with E-state index >= 15 is 0 Å². The number of carbonyl (C=O) groups excluding carboxylic acids is 2. The lowest BCUT2D eigenvalue weighted by Crippen LogP contribution is -2.36. The number of nitrogens with zero attached hydrogens (tertiary/aromatic N) is 4. The van der Waals surface area contributed by atoms with Gasteiger partial charge in [-0.2, -0.15) is 5.10 Å². The third-order valence-electron chi connectivity index (χ3n) is 4.71. The fourth-order valence-electron chi connectivity index (χ4n) is 3.24. The van der Waals surface area contributed by atoms with Gasteiger partial charge in [-0.3, -0.25) is 24.4 Å². The Kier molecular flexibility index (Phi) is 6.21. The lowest BCUT2D eigenvalue weighted by molar-refractivity contribution is -0.386. The molecule has 0 radical (unpaired) electrons. The second-order valence-electron chi connectivity index (χ2n) is 6.83. The Hall–Kier alpha value is -2.88. The van der Waals surface area contributed by atoms with Crippen molar-refractivity contribution in [1.29, 1.82) is 0 Å². The van der Waals surface area contributed by atoms with Gasteiger partial charge in [0.15, 0.2) is 6.61 Å². The first-order valence-corrected chi connectivity index (χ1v) is 10.1. The Morgan fingerprint density at radius 1 is 1.34 bits per heavy atom. The van der Waals surface area contributed by atoms with Crippen LogP contribution in [0.4, 0.5) is 11.4 Å². The van der Waals surface area contributed by atoms with Gasteiger partial charge in [0.1, 0.15) is 17.9 Å². The molecule has 9 nitrogen and oxygen atoms in total. The predicted octanol–water partition coefficient (Wildman–Crippen LogP) is 2.87. The number of aromatic nitrogens is 2. The Bertz CT molecular complexity index is 958. The number of aryl methyl sites for hydroxylation is 1. The molecule has 0 spiro atoms. The van der Waals surface area contributed by atoms with Crippen molar-refractivity contribution >= 4 is 35.0 Å². The number of thioether (sulfide) groups is 1. The van der Waals surface area contributed by atoms with Gasteiger partial charge in [-0.05, 0) is 32.4 Å². The highest BCUT2D eigenvalue weighted by Crippen LogP contribution is 2.37. The first-order valence-electron chi connectivity index (χ1n) is 9.18. The zero-order valence-electron chi connectivity index (χ0n) is 16.5. The van der Waals surface area contributed by atoms with Gasteiger partial charge in [0, 0.05) is 16.7 Å². The highest BCUT2D eigenvalue weighted by atomic mass is 32.2. The fourth-order valence-corrected chi connectivity index (χ4v) is 4.35. The number of anilines is 1. The van der Waals surface area contributed by atoms with E-state index in [4.69, 9.17) is 4.74 Å². The van der Waals surface area contributed by atoms with E-state index in [1.807, 2.05) is 24.3 Å². The van der Waals surface area contributed by atoms with E-state index in [1.165, 1.54) is 18.5 Å². The average molecular weight is 418 g/mol. The first kappa shape index (κ1) is 20.8. The number of ether oxygens (including phenoxy) is 1. The van der Waals surface area contributed by atoms with Crippen LogP contribution in [0.25, 0.3) is 0 Å². The van der Waals surface area contributed by atoms with Crippen molar-refractivity contribution in [2.75, 3.05) is 18.1 Å². The second-order valence-corrected chi connectivity index (χ2v) is 8.31. The lowest BCUT2D eigenvalue weighted by Gasteiger charge is -2.22. The van der Waals surface area contributed by atoms with E-state index in [-0.39, 0.29) is 29.5 Å². The summed E-state index contributed by atoms with van der Waals surface area (Å²) in [5.41, 5.74) is 1.19. The van der Waals surface area contributed by atoms with Gasteiger partial charge in [-0.15, -0.1) is 11.8 Å². The minimum atomic E-state index is -0.676. The number of para-hydroxylation sites is 1. The number of fused-ring (bicyclic) bond motifs is 1. The molecule has 10 heteroatoms. The topological polar surface area (TPSA) is 108 Å². The van der Waals surface area contributed by atoms with Crippen molar-refractivity contribution in [2.24, 2.45) is 0 Å². The van der Waals surface area contributed by atoms with E-state index in [9.17, 15) is 19.7 Å². The summed E-state index contributed by atoms with van der Waals surface area (Å²) in [6, 6.07) is 7.66. The minimum Gasteiger partial charge on any atom is -0.454 e. The number of rotatable bonds is 5. The van der Waals surface area contributed by atoms with Gasteiger partial charge >= 0.3 is 11.7 Å². The van der Waals surface area contributed by atoms with Crippen LogP contribution >= 0.6 is 11.8 Å². The Morgan fingerprint density at radius 2 is 2.07 bits per heavy atom. The smallest absolute Gasteiger partial charge is 0.328 e. The Balaban J connectivity index is 1.65. The highest BCUT2D eigenvalue weighted by molar-refractivity contribution is 8.00. The van der Waals surface area contributed by atoms with Crippen LogP contribution in [0.3, 0.4) is 0 Å². The number of carbonyl (C=O) groups is 2. The van der Waals surface area contributed by atoms with E-state index in [0.29, 0.717) is 11.8 Å². The Morgan fingerprint density at radius 3 is 2.76 bits per heavy atom. The summed E-state index contributed by atoms with van der Waals surface area (Å²) in [5, 5.41) is 15.5. The van der Waals surface area contributed by atoms with E-state index in [2.05, 4.69) is 12.0 Å². The number of esters is 1. The van der Waals surface area contributed by atoms with Crippen molar-refractivity contribution in [3.63, 3.8) is 0 Å². The highest BCUT2D eigenvalue weighted by Gasteiger charge is 2.26. The molecule has 154 valence electrons. The van der Waals surface area contributed by atoms with Crippen molar-refractivity contribution in [2.45, 2.75) is 43.9 Å². The van der Waals surface area contributed by atoms with E-state index in [0.717, 1.165) is 17.0 Å². The van der Waals surface area contributed by atoms with Crippen LogP contribution in [0.1, 0.15) is 24.7 Å². The van der Waals surface area contributed by atoms with Crippen molar-refractivity contribution < 1.29 is 19.2 Å². The quantitative estimate of drug-likeness (QED) is 0.417. The van der Waals surface area contributed by atoms with Gasteiger partial charge in [-0.25, -0.2) is 0 Å². The number of hydrogen-bond acceptors (Lipinski definition) is 7. The third kappa shape index (κ3) is 4.58. The molecule has 1 aromatic carbocycles. The predicted molar refractivity (Wildman–Crippen MR) is 108 cm³/mol. The molecule has 0 saturated heterocycles. The molecule has 0 fully saturated rings. The van der Waals surface area contributed by atoms with Gasteiger partial charge in [-0.1, -0.05) is 19.1 Å². The normalized spacial score (nSPS) is 16.1. The lowest BCUT2D eigenvalue weighted by atomic mass is 10.2. The first-order chi connectivity index (χ1) is 13.8. The molecule has 3 rings (SSSR count). The van der Waals surface area contributed by atoms with Crippen LogP contribution in [0.5, 0.6) is 0 Å². The zero-order valence-corrected chi connectivity index (χ0v) is 17.3. The summed E-state index contributed by atoms with van der Waals surface area (Å²) >= 11 is 1.72. The Labute approximate surface area is 172 Å². The molecule has 1 atom stereocenters. The molecule has 29 heavy (non-hydrogen) atoms. The summed E-state index contributed by atoms with van der Waals surface area (Å²) < 4.78 is 6.36. The number of nitro groups is 1. The van der Waals surface area contributed by atoms with Crippen molar-refractivity contribution in [3.05, 3.63) is 45.8 Å². The molecule has 0 N–H and O–H groups in total. The van der Waals surface area contributed by atoms with E-state index < -0.39 is 17.5 Å². The molecule has 2 aromatic rings. The maximum atomic E-state index is 12.7. The van der Waals surface area contributed by atoms with Gasteiger partial charge in [0.25, 0.3) is 5.91 Å². The van der Waals surface area contributed by atoms with Crippen LogP contribution in [-0.2, 0) is 20.9 Å². The maximum absolute atomic E-state index is 12.7. The minimum absolute atomic E-state index is 0.123. The molecule has 1 amide bonds. The number of amides is 1. The maximum Gasteiger partial charge on any atom is 0.328 e. The monoisotopic (exact) mass is 418 g/mol. The molecular weight excluding hydrogens is 396 g/mol. The summed E-state index contributed by atoms with van der Waals surface area (Å²) in [4.78, 5) is 38.1. The van der Waals surface area contributed by atoms with Crippen LogP contribution in [0.2, 0.25) is 0 Å². The number of hydrogen-bond donors (Lipinski definition) is 0. The van der Waals surface area contributed by atoms with E-state index in [1.54, 1.807) is 16.7 Å². The molecule has 2 heterocycles. The SMILES string of the molecule is Cc1nn(CC(=O)OCC(=O)N2CC[C@H](C)Sc3ccccc32)c(C)c1[N+](=O)[O-]. The summed E-state index contributed by atoms with van der Waals surface area (Å²) in [6.45, 7) is 5.00. The fraction of sp³-hybridized carbons (Fsp3) is 0.421. The standard InChI is InChI=1S/C19H22N4O5S/c1-12-8-9-21(15-6-4-5-7-16(15)29-12)17(24)11-28-18(25)10-22-14(3)19(23(26)27)13(2)20-22/h4-7,12H,8-11H2,1-3H3/t12-/m0/s1. The molecule has 0 saturated carbocycles. The molecule has 0 unspecified atom stereocenters. The molecular formula is C19H22N4O5S. The third-order valence-corrected chi connectivity index (χ3v) is 5.94. The van der Waals surface area contributed by atoms with Crippen LogP contribution < -0.4 is 4.90 Å². The molecule has 1 aliphatic heterocycles. The molecule has 1 aromatic heterocycles. The molecule has 0 aliphatic carbocycles.